The summed E-state index contributed by atoms with van der Waals surface area (Å²) < 4.78 is 0.685. The van der Waals surface area contributed by atoms with Gasteiger partial charge >= 0.3 is 0 Å². The number of hydrogen-bond acceptors (Lipinski definition) is 6. The summed E-state index contributed by atoms with van der Waals surface area (Å²) in [5.74, 6) is -0.234. The number of thiazole rings is 1. The lowest BCUT2D eigenvalue weighted by Gasteiger charge is -2.05. The first-order chi connectivity index (χ1) is 11.5. The van der Waals surface area contributed by atoms with Gasteiger partial charge in [-0.25, -0.2) is 4.98 Å². The van der Waals surface area contributed by atoms with E-state index in [-0.39, 0.29) is 18.1 Å². The summed E-state index contributed by atoms with van der Waals surface area (Å²) in [4.78, 5) is 26.5. The van der Waals surface area contributed by atoms with E-state index in [2.05, 4.69) is 15.6 Å². The van der Waals surface area contributed by atoms with Gasteiger partial charge in [-0.15, -0.1) is 0 Å². The van der Waals surface area contributed by atoms with Gasteiger partial charge < -0.3 is 10.6 Å². The normalized spacial score (nSPS) is 10.5. The molecule has 0 aliphatic carbocycles. The Morgan fingerprint density at radius 3 is 2.71 bits per heavy atom. The lowest BCUT2D eigenvalue weighted by atomic mass is 10.3. The molecule has 24 heavy (non-hydrogen) atoms. The highest BCUT2D eigenvalue weighted by atomic mass is 35.5. The van der Waals surface area contributed by atoms with E-state index < -0.39 is 4.92 Å². The number of carbonyl (C=O) groups excluding carboxylic acids is 1. The lowest BCUT2D eigenvalue weighted by molar-refractivity contribution is -0.384. The largest absolute Gasteiger partial charge is 0.352 e. The second-order valence-electron chi connectivity index (χ2n) is 4.84. The van der Waals surface area contributed by atoms with Crippen LogP contribution in [0.2, 0.25) is 5.02 Å². The average Bonchev–Trinajstić information content (AvgIpc) is 2.97. The first kappa shape index (κ1) is 16.2. The number of aromatic nitrogens is 1. The number of nitrogens with one attached hydrogen (secondary N) is 2. The van der Waals surface area contributed by atoms with E-state index in [1.807, 2.05) is 0 Å². The van der Waals surface area contributed by atoms with E-state index >= 15 is 0 Å². The fourth-order valence-electron chi connectivity index (χ4n) is 2.00. The van der Waals surface area contributed by atoms with Gasteiger partial charge in [0.05, 0.1) is 21.7 Å². The van der Waals surface area contributed by atoms with Crippen LogP contribution in [0, 0.1) is 10.1 Å². The quantitative estimate of drug-likeness (QED) is 0.529. The Balaban J connectivity index is 1.63. The van der Waals surface area contributed by atoms with Crippen LogP contribution in [0.15, 0.2) is 42.5 Å². The van der Waals surface area contributed by atoms with E-state index in [0.717, 1.165) is 0 Å². The SMILES string of the molecule is O=C(CNc1nc2ccc([N+](=O)[O-])cc2s1)Nc1ccc(Cl)cc1. The molecule has 3 rings (SSSR count). The van der Waals surface area contributed by atoms with E-state index in [4.69, 9.17) is 11.6 Å². The number of halogens is 1. The molecule has 0 spiro atoms. The molecule has 2 aromatic carbocycles. The molecule has 1 aromatic heterocycles. The monoisotopic (exact) mass is 362 g/mol. The van der Waals surface area contributed by atoms with Crippen LogP contribution in [0.3, 0.4) is 0 Å². The topological polar surface area (TPSA) is 97.2 Å². The van der Waals surface area contributed by atoms with Crippen molar-refractivity contribution in [2.75, 3.05) is 17.2 Å². The molecule has 7 nitrogen and oxygen atoms in total. The Bertz CT molecular complexity index is 911. The molecule has 3 aromatic rings. The van der Waals surface area contributed by atoms with E-state index in [9.17, 15) is 14.9 Å². The van der Waals surface area contributed by atoms with Crippen molar-refractivity contribution in [3.8, 4) is 0 Å². The zero-order valence-corrected chi connectivity index (χ0v) is 13.7. The van der Waals surface area contributed by atoms with Crippen LogP contribution in [0.1, 0.15) is 0 Å². The van der Waals surface area contributed by atoms with Gasteiger partial charge in [0.2, 0.25) is 5.91 Å². The summed E-state index contributed by atoms with van der Waals surface area (Å²) in [5.41, 5.74) is 1.30. The number of benzene rings is 2. The van der Waals surface area contributed by atoms with E-state index in [0.29, 0.717) is 26.1 Å². The number of nitro benzene ring substituents is 1. The first-order valence-corrected chi connectivity index (χ1v) is 8.05. The highest BCUT2D eigenvalue weighted by molar-refractivity contribution is 7.22. The third-order valence-corrected chi connectivity index (χ3v) is 4.34. The smallest absolute Gasteiger partial charge is 0.270 e. The highest BCUT2D eigenvalue weighted by Gasteiger charge is 2.11. The third-order valence-electron chi connectivity index (χ3n) is 3.11. The van der Waals surface area contributed by atoms with Crippen LogP contribution in [0.4, 0.5) is 16.5 Å². The maximum absolute atomic E-state index is 11.9. The number of fused-ring (bicyclic) bond motifs is 1. The molecular formula is C15H11ClN4O3S. The van der Waals surface area contributed by atoms with Gasteiger partial charge in [-0.1, -0.05) is 22.9 Å². The predicted octanol–water partition coefficient (Wildman–Crippen LogP) is 3.91. The number of hydrogen-bond donors (Lipinski definition) is 2. The van der Waals surface area contributed by atoms with E-state index in [1.54, 1.807) is 30.3 Å². The number of anilines is 2. The molecule has 0 fully saturated rings. The van der Waals surface area contributed by atoms with Crippen LogP contribution in [0.5, 0.6) is 0 Å². The fourth-order valence-corrected chi connectivity index (χ4v) is 3.02. The molecule has 9 heteroatoms. The van der Waals surface area contributed by atoms with Crippen molar-refractivity contribution in [2.45, 2.75) is 0 Å². The molecule has 0 unspecified atom stereocenters. The number of amides is 1. The summed E-state index contributed by atoms with van der Waals surface area (Å²) in [7, 11) is 0. The van der Waals surface area contributed by atoms with Crippen molar-refractivity contribution in [2.24, 2.45) is 0 Å². The van der Waals surface area contributed by atoms with Gasteiger partial charge in [-0.05, 0) is 30.3 Å². The average molecular weight is 363 g/mol. The Morgan fingerprint density at radius 2 is 2.00 bits per heavy atom. The summed E-state index contributed by atoms with van der Waals surface area (Å²) >= 11 is 7.04. The van der Waals surface area contributed by atoms with Gasteiger partial charge in [0.1, 0.15) is 0 Å². The van der Waals surface area contributed by atoms with Crippen LogP contribution >= 0.6 is 22.9 Å². The maximum Gasteiger partial charge on any atom is 0.270 e. The molecule has 1 amide bonds. The summed E-state index contributed by atoms with van der Waals surface area (Å²) in [6.07, 6.45) is 0. The molecule has 122 valence electrons. The van der Waals surface area contributed by atoms with Crippen molar-refractivity contribution in [3.05, 3.63) is 57.6 Å². The summed E-state index contributed by atoms with van der Waals surface area (Å²) in [6.45, 7) is 0.0323. The Kier molecular flexibility index (Phi) is 4.59. The van der Waals surface area contributed by atoms with Gasteiger partial charge in [0, 0.05) is 22.8 Å². The molecule has 0 aliphatic rings. The molecule has 2 N–H and O–H groups in total. The standard InChI is InChI=1S/C15H11ClN4O3S/c16-9-1-3-10(4-2-9)18-14(21)8-17-15-19-12-6-5-11(20(22)23)7-13(12)24-15/h1-7H,8H2,(H,17,19)(H,18,21). The number of rotatable bonds is 5. The Labute approximate surface area is 145 Å². The predicted molar refractivity (Wildman–Crippen MR) is 94.8 cm³/mol. The minimum Gasteiger partial charge on any atom is -0.352 e. The molecule has 0 radical (unpaired) electrons. The van der Waals surface area contributed by atoms with Gasteiger partial charge in [-0.2, -0.15) is 0 Å². The van der Waals surface area contributed by atoms with Crippen LogP contribution in [-0.4, -0.2) is 22.4 Å². The van der Waals surface area contributed by atoms with Crippen molar-refractivity contribution in [1.29, 1.82) is 0 Å². The zero-order chi connectivity index (χ0) is 17.1. The fraction of sp³-hybridized carbons (Fsp3) is 0.0667. The molecule has 1 heterocycles. The molecule has 0 aliphatic heterocycles. The van der Waals surface area contributed by atoms with E-state index in [1.165, 1.54) is 23.5 Å². The number of nitro groups is 1. The Morgan fingerprint density at radius 1 is 1.25 bits per heavy atom. The molecule has 0 atom stereocenters. The van der Waals surface area contributed by atoms with Crippen molar-refractivity contribution in [1.82, 2.24) is 4.98 Å². The van der Waals surface area contributed by atoms with Gasteiger partial charge in [0.15, 0.2) is 5.13 Å². The molecule has 0 bridgehead atoms. The molecular weight excluding hydrogens is 352 g/mol. The number of carbonyl (C=O) groups is 1. The molecule has 0 saturated heterocycles. The second-order valence-corrected chi connectivity index (χ2v) is 6.30. The lowest BCUT2D eigenvalue weighted by Crippen LogP contribution is -2.21. The third kappa shape index (κ3) is 3.79. The number of nitrogens with zero attached hydrogens (tertiary/aromatic N) is 2. The zero-order valence-electron chi connectivity index (χ0n) is 12.2. The minimum atomic E-state index is -0.453. The minimum absolute atomic E-state index is 0.0122. The highest BCUT2D eigenvalue weighted by Crippen LogP contribution is 2.29. The van der Waals surface area contributed by atoms with Crippen LogP contribution in [0.25, 0.3) is 10.2 Å². The number of non-ortho nitro benzene ring substituents is 1. The second kappa shape index (κ2) is 6.81. The Hall–Kier alpha value is -2.71. The van der Waals surface area contributed by atoms with Gasteiger partial charge in [-0.3, -0.25) is 14.9 Å². The van der Waals surface area contributed by atoms with Crippen molar-refractivity contribution < 1.29 is 9.72 Å². The van der Waals surface area contributed by atoms with Crippen LogP contribution < -0.4 is 10.6 Å². The first-order valence-electron chi connectivity index (χ1n) is 6.85. The maximum atomic E-state index is 11.9. The summed E-state index contributed by atoms with van der Waals surface area (Å²) in [6, 6.07) is 11.2. The van der Waals surface area contributed by atoms with Crippen molar-refractivity contribution >= 4 is 55.6 Å². The van der Waals surface area contributed by atoms with Crippen LogP contribution in [-0.2, 0) is 4.79 Å². The van der Waals surface area contributed by atoms with Gasteiger partial charge in [0.25, 0.3) is 5.69 Å². The summed E-state index contributed by atoms with van der Waals surface area (Å²) in [5, 5.41) is 17.5. The van der Waals surface area contributed by atoms with Crippen molar-refractivity contribution in [3.63, 3.8) is 0 Å². The molecule has 0 saturated carbocycles.